The van der Waals surface area contributed by atoms with Crippen LogP contribution in [0.3, 0.4) is 0 Å². The molecule has 0 fully saturated rings. The van der Waals surface area contributed by atoms with Gasteiger partial charge in [-0.15, -0.1) is 0 Å². The molecule has 0 aliphatic carbocycles. The predicted molar refractivity (Wildman–Crippen MR) is 35.4 cm³/mol. The molecular formula is C6H2AlF5O. The monoisotopic (exact) mass is 212 g/mol. The van der Waals surface area contributed by atoms with Gasteiger partial charge in [0.1, 0.15) is 0 Å². The van der Waals surface area contributed by atoms with Crippen LogP contribution in [0, 0.1) is 29.1 Å². The van der Waals surface area contributed by atoms with Gasteiger partial charge in [-0.05, 0) is 0 Å². The molecule has 0 N–H and O–H groups in total. The Labute approximate surface area is 77.9 Å². The maximum Gasteiger partial charge on any atom is 0.497 e. The number of hydrogen-bond donors (Lipinski definition) is 0. The quantitative estimate of drug-likeness (QED) is 0.295. The van der Waals surface area contributed by atoms with E-state index >= 15 is 0 Å². The first-order valence-corrected chi connectivity index (χ1v) is 3.87. The third-order valence-electron chi connectivity index (χ3n) is 1.37. The van der Waals surface area contributed by atoms with E-state index in [1.54, 1.807) is 0 Å². The molecule has 0 bridgehead atoms. The Morgan fingerprint density at radius 3 is 1.31 bits per heavy atom. The second-order valence-electron chi connectivity index (χ2n) is 2.10. The zero-order valence-corrected chi connectivity index (χ0v) is 8.30. The zero-order valence-electron chi connectivity index (χ0n) is 6.30. The summed E-state index contributed by atoms with van der Waals surface area (Å²) in [6.45, 7) is 0. The highest BCUT2D eigenvalue weighted by atomic mass is 27.1. The minimum Gasteiger partial charge on any atom is -0.643 e. The minimum atomic E-state index is -2.18. The number of halogens is 5. The van der Waals surface area contributed by atoms with Crippen molar-refractivity contribution in [3.8, 4) is 5.75 Å². The van der Waals surface area contributed by atoms with Crippen LogP contribution in [-0.2, 0) is 0 Å². The molecule has 13 heavy (non-hydrogen) atoms. The lowest BCUT2D eigenvalue weighted by Crippen LogP contribution is -2.04. The third-order valence-corrected chi connectivity index (χ3v) is 1.78. The van der Waals surface area contributed by atoms with E-state index in [1.807, 2.05) is 0 Å². The molecule has 0 saturated carbocycles. The van der Waals surface area contributed by atoms with Crippen LogP contribution in [0.15, 0.2) is 0 Å². The van der Waals surface area contributed by atoms with Crippen LogP contribution in [0.1, 0.15) is 0 Å². The Kier molecular flexibility index (Phi) is 2.78. The Bertz CT molecular complexity index is 324. The Morgan fingerprint density at radius 1 is 0.692 bits per heavy atom. The fourth-order valence-corrected chi connectivity index (χ4v) is 1.12. The summed E-state index contributed by atoms with van der Waals surface area (Å²) in [5, 5.41) is 0. The maximum atomic E-state index is 12.6. The van der Waals surface area contributed by atoms with E-state index in [4.69, 9.17) is 0 Å². The van der Waals surface area contributed by atoms with Gasteiger partial charge in [-0.3, -0.25) is 0 Å². The van der Waals surface area contributed by atoms with Crippen molar-refractivity contribution < 1.29 is 25.7 Å². The van der Waals surface area contributed by atoms with Crippen molar-refractivity contribution in [2.75, 3.05) is 0 Å². The highest BCUT2D eigenvalue weighted by molar-refractivity contribution is 6.00. The van der Waals surface area contributed by atoms with Crippen molar-refractivity contribution in [3.63, 3.8) is 0 Å². The van der Waals surface area contributed by atoms with Crippen molar-refractivity contribution in [2.45, 2.75) is 0 Å². The van der Waals surface area contributed by atoms with Crippen molar-refractivity contribution in [2.24, 2.45) is 0 Å². The highest BCUT2D eigenvalue weighted by Gasteiger charge is 2.25. The van der Waals surface area contributed by atoms with Crippen LogP contribution in [-0.4, -0.2) is 16.6 Å². The minimum absolute atomic E-state index is 0.168. The zero-order chi connectivity index (χ0) is 10.2. The Hall–Kier alpha value is -0.798. The van der Waals surface area contributed by atoms with E-state index in [9.17, 15) is 22.0 Å². The van der Waals surface area contributed by atoms with Gasteiger partial charge in [-0.25, -0.2) is 13.2 Å². The van der Waals surface area contributed by atoms with Gasteiger partial charge in [0, 0.05) is 0 Å². The topological polar surface area (TPSA) is 9.23 Å². The molecule has 0 spiro atoms. The van der Waals surface area contributed by atoms with Gasteiger partial charge in [0.25, 0.3) is 0 Å². The molecule has 0 aromatic heterocycles. The average molecular weight is 212 g/mol. The summed E-state index contributed by atoms with van der Waals surface area (Å²) in [4.78, 5) is 0. The summed E-state index contributed by atoms with van der Waals surface area (Å²) in [7, 11) is 0. The van der Waals surface area contributed by atoms with Gasteiger partial charge in [0.2, 0.25) is 29.1 Å². The third kappa shape index (κ3) is 1.49. The van der Waals surface area contributed by atoms with Crippen LogP contribution in [0.2, 0.25) is 0 Å². The molecule has 1 aromatic rings. The van der Waals surface area contributed by atoms with Gasteiger partial charge in [0.05, 0.1) is 0 Å². The average Bonchev–Trinajstić information content (AvgIpc) is 2.13. The molecule has 1 nitrogen and oxygen atoms in total. The molecule has 1 aromatic carbocycles. The summed E-state index contributed by atoms with van der Waals surface area (Å²) < 4.78 is 66.4. The first kappa shape index (κ1) is 10.3. The molecule has 0 saturated heterocycles. The molecule has 70 valence electrons. The SMILES string of the molecule is Fc1c(F)c(F)c([O][AlH2])c(F)c1F. The Morgan fingerprint density at radius 2 is 1.00 bits per heavy atom. The van der Waals surface area contributed by atoms with Crippen LogP contribution in [0.25, 0.3) is 0 Å². The van der Waals surface area contributed by atoms with Gasteiger partial charge in [-0.1, -0.05) is 0 Å². The van der Waals surface area contributed by atoms with Crippen LogP contribution < -0.4 is 3.79 Å². The van der Waals surface area contributed by atoms with Crippen molar-refractivity contribution in [1.29, 1.82) is 0 Å². The summed E-state index contributed by atoms with van der Waals surface area (Å²) in [6, 6.07) is 0. The van der Waals surface area contributed by atoms with E-state index < -0.39 is 34.8 Å². The fraction of sp³-hybridized carbons (Fsp3) is 0. The van der Waals surface area contributed by atoms with E-state index in [-0.39, 0.29) is 16.6 Å². The van der Waals surface area contributed by atoms with Crippen molar-refractivity contribution in [1.82, 2.24) is 0 Å². The lowest BCUT2D eigenvalue weighted by molar-refractivity contribution is 0.352. The maximum absolute atomic E-state index is 12.6. The standard InChI is InChI=1S/C6HF5O.Al.2H/c7-1-2(8)4(10)6(12)5(11)3(1)9;;;/h12H;;;/q;+1;;/p-1. The van der Waals surface area contributed by atoms with Gasteiger partial charge >= 0.3 is 16.6 Å². The van der Waals surface area contributed by atoms with Crippen molar-refractivity contribution >= 4 is 16.6 Å². The molecule has 0 heterocycles. The van der Waals surface area contributed by atoms with Gasteiger partial charge < -0.3 is 3.79 Å². The first-order chi connectivity index (χ1) is 6.00. The van der Waals surface area contributed by atoms with E-state index in [0.29, 0.717) is 0 Å². The second kappa shape index (κ2) is 3.52. The molecule has 7 heteroatoms. The molecule has 0 aliphatic rings. The van der Waals surface area contributed by atoms with Crippen molar-refractivity contribution in [3.05, 3.63) is 29.1 Å². The lowest BCUT2D eigenvalue weighted by Gasteiger charge is -2.07. The lowest BCUT2D eigenvalue weighted by atomic mass is 10.3. The summed E-state index contributed by atoms with van der Waals surface area (Å²) >= 11 is -0.168. The number of benzene rings is 1. The number of hydrogen-bond acceptors (Lipinski definition) is 1. The summed E-state index contributed by atoms with van der Waals surface area (Å²) in [6.07, 6.45) is 0. The molecule has 0 unspecified atom stereocenters. The normalized spacial score (nSPS) is 10.2. The van der Waals surface area contributed by atoms with E-state index in [2.05, 4.69) is 3.79 Å². The van der Waals surface area contributed by atoms with Crippen LogP contribution >= 0.6 is 0 Å². The first-order valence-electron chi connectivity index (χ1n) is 3.06. The fourth-order valence-electron chi connectivity index (χ4n) is 0.764. The highest BCUT2D eigenvalue weighted by Crippen LogP contribution is 2.28. The smallest absolute Gasteiger partial charge is 0.497 e. The molecular weight excluding hydrogens is 210 g/mol. The molecule has 0 amide bonds. The molecule has 1 rings (SSSR count). The number of rotatable bonds is 1. The summed E-state index contributed by atoms with van der Waals surface area (Å²) in [5.41, 5.74) is 0. The van der Waals surface area contributed by atoms with Crippen LogP contribution in [0.5, 0.6) is 5.75 Å². The molecule has 0 radical (unpaired) electrons. The summed E-state index contributed by atoms with van der Waals surface area (Å²) in [5.74, 6) is -11.3. The Balaban J connectivity index is 3.56. The molecule has 0 aliphatic heterocycles. The largest absolute Gasteiger partial charge is 0.643 e. The second-order valence-corrected chi connectivity index (χ2v) is 2.51. The van der Waals surface area contributed by atoms with Gasteiger partial charge in [0.15, 0.2) is 5.75 Å². The predicted octanol–water partition coefficient (Wildman–Crippen LogP) is 1.31. The van der Waals surface area contributed by atoms with Crippen LogP contribution in [0.4, 0.5) is 22.0 Å². The van der Waals surface area contributed by atoms with E-state index in [0.717, 1.165) is 0 Å². The van der Waals surface area contributed by atoms with E-state index in [1.165, 1.54) is 0 Å². The van der Waals surface area contributed by atoms with Gasteiger partial charge in [-0.2, -0.15) is 8.78 Å². The molecule has 0 atom stereocenters.